The Balaban J connectivity index is 4.54. The van der Waals surface area contributed by atoms with Crippen LogP contribution in [0.2, 0.25) is 0 Å². The predicted molar refractivity (Wildman–Crippen MR) is 50.8 cm³/mol. The first-order chi connectivity index (χ1) is 7.98. The van der Waals surface area contributed by atoms with E-state index < -0.39 is 37.7 Å². The highest BCUT2D eigenvalue weighted by Gasteiger charge is 2.42. The second-order valence-corrected chi connectivity index (χ2v) is 3.62. The van der Waals surface area contributed by atoms with Crippen molar-refractivity contribution >= 4 is 0 Å². The zero-order valence-corrected chi connectivity index (χ0v) is 9.17. The number of hydrogen-bond donors (Lipinski definition) is 2. The summed E-state index contributed by atoms with van der Waals surface area (Å²) in [5.74, 6) is 0. The average Bonchev–Trinajstić information content (AvgIpc) is 2.14. The molecule has 2 unspecified atom stereocenters. The smallest absolute Gasteiger partial charge is 0.382 e. The van der Waals surface area contributed by atoms with E-state index in [1.54, 1.807) is 0 Å². The van der Waals surface area contributed by atoms with Gasteiger partial charge >= 0.3 is 12.4 Å². The molecule has 0 aliphatic heterocycles. The lowest BCUT2D eigenvalue weighted by Gasteiger charge is -2.27. The minimum absolute atomic E-state index is 0.319. The molecule has 0 heterocycles. The topological polar surface area (TPSA) is 43.7 Å². The Morgan fingerprint density at radius 2 is 1.28 bits per heavy atom. The fourth-order valence-electron chi connectivity index (χ4n) is 1.10. The highest BCUT2D eigenvalue weighted by molar-refractivity contribution is 4.81. The maximum absolute atomic E-state index is 12.0. The first-order valence-corrected chi connectivity index (χ1v) is 4.81. The number of nitrogens with zero attached hydrogens (tertiary/aromatic N) is 1. The molecule has 108 valence electrons. The molecule has 3 nitrogen and oxygen atoms in total. The molecule has 18 heavy (non-hydrogen) atoms. The van der Waals surface area contributed by atoms with Crippen molar-refractivity contribution in [3.05, 3.63) is 12.7 Å². The van der Waals surface area contributed by atoms with E-state index in [0.29, 0.717) is 4.90 Å². The van der Waals surface area contributed by atoms with Gasteiger partial charge in [0.15, 0.2) is 12.2 Å². The molecule has 0 radical (unpaired) electrons. The van der Waals surface area contributed by atoms with Crippen molar-refractivity contribution in [2.75, 3.05) is 19.6 Å². The lowest BCUT2D eigenvalue weighted by molar-refractivity contribution is -0.220. The Kier molecular flexibility index (Phi) is 6.11. The molecule has 0 aliphatic carbocycles. The number of halogens is 6. The first kappa shape index (κ1) is 17.2. The predicted octanol–water partition coefficient (Wildman–Crippen LogP) is 1.32. The van der Waals surface area contributed by atoms with E-state index in [-0.39, 0.29) is 6.54 Å². The third kappa shape index (κ3) is 6.22. The Hall–Kier alpha value is -0.800. The minimum Gasteiger partial charge on any atom is -0.382 e. The van der Waals surface area contributed by atoms with Crippen LogP contribution < -0.4 is 0 Å². The van der Waals surface area contributed by atoms with Crippen molar-refractivity contribution in [1.29, 1.82) is 0 Å². The Morgan fingerprint density at radius 1 is 0.944 bits per heavy atom. The van der Waals surface area contributed by atoms with Crippen LogP contribution in [-0.2, 0) is 0 Å². The zero-order valence-electron chi connectivity index (χ0n) is 9.17. The number of aliphatic hydroxyl groups is 2. The molecule has 0 fully saturated rings. The van der Waals surface area contributed by atoms with Gasteiger partial charge in [0, 0.05) is 19.6 Å². The third-order valence-corrected chi connectivity index (χ3v) is 2.01. The molecule has 0 aromatic carbocycles. The van der Waals surface area contributed by atoms with E-state index in [0.717, 1.165) is 6.08 Å². The molecule has 2 atom stereocenters. The molecule has 0 rings (SSSR count). The van der Waals surface area contributed by atoms with Crippen molar-refractivity contribution in [3.8, 4) is 0 Å². The summed E-state index contributed by atoms with van der Waals surface area (Å²) in [7, 11) is 0. The van der Waals surface area contributed by atoms with Gasteiger partial charge in [0.05, 0.1) is 0 Å². The van der Waals surface area contributed by atoms with Crippen LogP contribution in [0.3, 0.4) is 0 Å². The molecule has 0 aliphatic rings. The highest BCUT2D eigenvalue weighted by atomic mass is 19.4. The summed E-state index contributed by atoms with van der Waals surface area (Å²) in [6, 6.07) is 0. The highest BCUT2D eigenvalue weighted by Crippen LogP contribution is 2.23. The van der Waals surface area contributed by atoms with Crippen molar-refractivity contribution in [2.24, 2.45) is 0 Å². The molecule has 0 saturated carbocycles. The molecule has 2 N–H and O–H groups in total. The van der Waals surface area contributed by atoms with Crippen LogP contribution in [0.5, 0.6) is 0 Å². The van der Waals surface area contributed by atoms with Gasteiger partial charge in [0.1, 0.15) is 0 Å². The summed E-state index contributed by atoms with van der Waals surface area (Å²) in [4.78, 5) is 0.614. The second-order valence-electron chi connectivity index (χ2n) is 3.62. The summed E-state index contributed by atoms with van der Waals surface area (Å²) in [6.45, 7) is 0.719. The van der Waals surface area contributed by atoms with Gasteiger partial charge in [-0.1, -0.05) is 6.08 Å². The fourth-order valence-corrected chi connectivity index (χ4v) is 1.10. The van der Waals surface area contributed by atoms with Crippen LogP contribution in [0.4, 0.5) is 26.3 Å². The summed E-state index contributed by atoms with van der Waals surface area (Å²) < 4.78 is 72.2. The van der Waals surface area contributed by atoms with Crippen molar-refractivity contribution in [1.82, 2.24) is 4.90 Å². The van der Waals surface area contributed by atoms with Crippen LogP contribution in [-0.4, -0.2) is 59.3 Å². The van der Waals surface area contributed by atoms with E-state index in [9.17, 15) is 26.3 Å². The number of alkyl halides is 6. The van der Waals surface area contributed by atoms with E-state index in [2.05, 4.69) is 6.58 Å². The monoisotopic (exact) mass is 281 g/mol. The van der Waals surface area contributed by atoms with Crippen LogP contribution in [0.25, 0.3) is 0 Å². The third-order valence-electron chi connectivity index (χ3n) is 2.01. The van der Waals surface area contributed by atoms with Gasteiger partial charge in [-0.2, -0.15) is 26.3 Å². The SMILES string of the molecule is C=CCN(CC(O)C(F)(F)F)CC(O)C(F)(F)F. The van der Waals surface area contributed by atoms with Gasteiger partial charge in [-0.15, -0.1) is 6.58 Å². The molecular weight excluding hydrogens is 268 g/mol. The normalized spacial score (nSPS) is 16.7. The lowest BCUT2D eigenvalue weighted by Crippen LogP contribution is -2.46. The fraction of sp³-hybridized carbons (Fsp3) is 0.778. The van der Waals surface area contributed by atoms with Crippen LogP contribution in [0, 0.1) is 0 Å². The molecule has 0 spiro atoms. The maximum Gasteiger partial charge on any atom is 0.415 e. The number of rotatable bonds is 6. The van der Waals surface area contributed by atoms with Crippen LogP contribution in [0.15, 0.2) is 12.7 Å². The lowest BCUT2D eigenvalue weighted by atomic mass is 10.2. The molecule has 0 bridgehead atoms. The second kappa shape index (κ2) is 6.39. The maximum atomic E-state index is 12.0. The Bertz CT molecular complexity index is 243. The van der Waals surface area contributed by atoms with Crippen molar-refractivity contribution in [2.45, 2.75) is 24.6 Å². The molecule has 0 aromatic rings. The number of hydrogen-bond acceptors (Lipinski definition) is 3. The Labute approximate surface area is 99.3 Å². The van der Waals surface area contributed by atoms with Gasteiger partial charge in [0.2, 0.25) is 0 Å². The van der Waals surface area contributed by atoms with Gasteiger partial charge in [-0.05, 0) is 0 Å². The van der Waals surface area contributed by atoms with E-state index in [1.165, 1.54) is 0 Å². The summed E-state index contributed by atoms with van der Waals surface area (Å²) in [5, 5.41) is 17.5. The van der Waals surface area contributed by atoms with E-state index in [1.807, 2.05) is 0 Å². The quantitative estimate of drug-likeness (QED) is 0.570. The molecule has 9 heteroatoms. The summed E-state index contributed by atoms with van der Waals surface area (Å²) in [5.41, 5.74) is 0. The van der Waals surface area contributed by atoms with E-state index >= 15 is 0 Å². The largest absolute Gasteiger partial charge is 0.415 e. The van der Waals surface area contributed by atoms with Gasteiger partial charge in [-0.3, -0.25) is 4.90 Å². The molecule has 0 saturated heterocycles. The van der Waals surface area contributed by atoms with Gasteiger partial charge in [-0.25, -0.2) is 0 Å². The standard InChI is InChI=1S/C9H13F6NO2/c1-2-3-16(4-6(17)8(10,11)12)5-7(18)9(13,14)15/h2,6-7,17-18H,1,3-5H2. The zero-order chi connectivity index (χ0) is 14.6. The van der Waals surface area contributed by atoms with Crippen LogP contribution >= 0.6 is 0 Å². The van der Waals surface area contributed by atoms with Crippen molar-refractivity contribution in [3.63, 3.8) is 0 Å². The Morgan fingerprint density at radius 3 is 1.50 bits per heavy atom. The average molecular weight is 281 g/mol. The molecule has 0 amide bonds. The molecule has 0 aromatic heterocycles. The number of aliphatic hydroxyl groups excluding tert-OH is 2. The summed E-state index contributed by atoms with van der Waals surface area (Å²) in [6.07, 6.45) is -14.3. The molecular formula is C9H13F6NO2. The van der Waals surface area contributed by atoms with Crippen LogP contribution in [0.1, 0.15) is 0 Å². The first-order valence-electron chi connectivity index (χ1n) is 4.81. The minimum atomic E-state index is -4.93. The van der Waals surface area contributed by atoms with Gasteiger partial charge < -0.3 is 10.2 Å². The summed E-state index contributed by atoms with van der Waals surface area (Å²) >= 11 is 0. The van der Waals surface area contributed by atoms with E-state index in [4.69, 9.17) is 10.2 Å². The van der Waals surface area contributed by atoms with Crippen molar-refractivity contribution < 1.29 is 36.6 Å². The van der Waals surface area contributed by atoms with Gasteiger partial charge in [0.25, 0.3) is 0 Å².